The molecule has 0 aromatic carbocycles. The van der Waals surface area contributed by atoms with E-state index in [-0.39, 0.29) is 67.9 Å². The van der Waals surface area contributed by atoms with Crippen LogP contribution in [0.2, 0.25) is 0 Å². The van der Waals surface area contributed by atoms with Gasteiger partial charge in [0.1, 0.15) is 0 Å². The van der Waals surface area contributed by atoms with E-state index in [2.05, 4.69) is 62.5 Å². The fourth-order valence-electron chi connectivity index (χ4n) is 3.96. The lowest BCUT2D eigenvalue weighted by molar-refractivity contribution is -0.121. The lowest BCUT2D eigenvalue weighted by Gasteiger charge is -2.13. The summed E-state index contributed by atoms with van der Waals surface area (Å²) in [7, 11) is 0. The van der Waals surface area contributed by atoms with Crippen molar-refractivity contribution >= 4 is 35.6 Å². The molecule has 4 rings (SSSR count). The first-order valence-corrected chi connectivity index (χ1v) is 14.6. The number of aryl methyl sites for hydroxylation is 5. The van der Waals surface area contributed by atoms with Gasteiger partial charge in [0, 0.05) is 74.7 Å². The number of anilines is 3. The third kappa shape index (κ3) is 10.2. The van der Waals surface area contributed by atoms with Gasteiger partial charge >= 0.3 is 17.1 Å². The predicted octanol–water partition coefficient (Wildman–Crippen LogP) is -4.36. The summed E-state index contributed by atoms with van der Waals surface area (Å²) in [4.78, 5) is 126. The molecule has 0 unspecified atom stereocenters. The fourth-order valence-corrected chi connectivity index (χ4v) is 3.96. The number of nitrogens with one attached hydrogen (secondary N) is 9. The minimum absolute atomic E-state index is 0.0746. The third-order valence-electron chi connectivity index (χ3n) is 6.59. The van der Waals surface area contributed by atoms with Crippen LogP contribution in [0.5, 0.6) is 0 Å². The van der Waals surface area contributed by atoms with E-state index < -0.39 is 51.5 Å². The monoisotopic (exact) mass is 697 g/mol. The minimum atomic E-state index is -0.701. The van der Waals surface area contributed by atoms with E-state index in [4.69, 9.17) is 0 Å². The second kappa shape index (κ2) is 16.1. The molecule has 4 aromatic heterocycles. The van der Waals surface area contributed by atoms with Crippen LogP contribution in [0.15, 0.2) is 53.4 Å². The van der Waals surface area contributed by atoms with Gasteiger partial charge in [-0.05, 0) is 13.8 Å². The quantitative estimate of drug-likeness (QED) is 0.0530. The largest absolute Gasteiger partial charge is 0.328 e. The predicted molar refractivity (Wildman–Crippen MR) is 172 cm³/mol. The highest BCUT2D eigenvalue weighted by Crippen LogP contribution is 2.08. The number of hydrogen-bond acceptors (Lipinski definition) is 15. The summed E-state index contributed by atoms with van der Waals surface area (Å²) >= 11 is 0. The first-order valence-electron chi connectivity index (χ1n) is 14.6. The van der Waals surface area contributed by atoms with Crippen molar-refractivity contribution in [2.45, 2.75) is 52.7 Å². The van der Waals surface area contributed by atoms with Crippen LogP contribution in [-0.4, -0.2) is 61.3 Å². The van der Waals surface area contributed by atoms with Gasteiger partial charge in [-0.25, -0.2) is 14.4 Å². The highest BCUT2D eigenvalue weighted by atomic mass is 16.2. The summed E-state index contributed by atoms with van der Waals surface area (Å²) in [5.74, 6) is -2.69. The van der Waals surface area contributed by atoms with Crippen LogP contribution in [0.3, 0.4) is 0 Å². The van der Waals surface area contributed by atoms with Gasteiger partial charge in [-0.15, -0.1) is 0 Å². The SMILES string of the molecule is Cc1cn(CCC(=O)NNc2nc(NNC(=O)CCn3ccc(=O)[nH]c3=O)nc(NNC(=O)CCn3cc(C)c(=O)[nH]c3=O)n2)c(=O)[nH]c1=O. The summed E-state index contributed by atoms with van der Waals surface area (Å²) in [5, 5.41) is 0. The number of hydrogen-bond donors (Lipinski definition) is 9. The molecular weight excluding hydrogens is 666 g/mol. The standard InChI is InChI=1S/C26H31N15O9/c1-13-11-40(25(49)28-19(13)46)9-5-17(44)34-37-22-30-21(36-33-16(43)4-8-39-7-3-15(42)27-24(39)48)31-23(32-22)38-35-18(45)6-10-41-12-14(2)20(47)29-26(41)50/h3,7,11-12H,4-6,8-10H2,1-2H3,(H,33,43)(H,34,44)(H,35,45)(H,27,42,48)(H,28,46,49)(H,29,47,50)(H3,30,31,32,36,37,38). The number of carbonyl (C=O) groups is 3. The smallest absolute Gasteiger partial charge is 0.300 e. The molecule has 0 aliphatic heterocycles. The molecule has 4 heterocycles. The van der Waals surface area contributed by atoms with Gasteiger partial charge in [0.15, 0.2) is 0 Å². The molecule has 9 N–H and O–H groups in total. The highest BCUT2D eigenvalue weighted by Gasteiger charge is 2.12. The number of aromatic nitrogens is 9. The lowest BCUT2D eigenvalue weighted by Crippen LogP contribution is -2.36. The Balaban J connectivity index is 1.39. The molecule has 0 spiro atoms. The summed E-state index contributed by atoms with van der Waals surface area (Å²) in [5.41, 5.74) is 11.1. The van der Waals surface area contributed by atoms with Gasteiger partial charge < -0.3 is 4.57 Å². The Morgan fingerprint density at radius 1 is 0.580 bits per heavy atom. The molecule has 0 atom stereocenters. The number of carbonyl (C=O) groups excluding carboxylic acids is 3. The molecule has 0 saturated heterocycles. The van der Waals surface area contributed by atoms with E-state index in [1.807, 2.05) is 0 Å². The van der Waals surface area contributed by atoms with Crippen LogP contribution in [0.4, 0.5) is 17.8 Å². The maximum absolute atomic E-state index is 12.5. The molecule has 50 heavy (non-hydrogen) atoms. The van der Waals surface area contributed by atoms with Crippen molar-refractivity contribution in [2.75, 3.05) is 16.3 Å². The first-order chi connectivity index (χ1) is 23.8. The van der Waals surface area contributed by atoms with Crippen molar-refractivity contribution < 1.29 is 14.4 Å². The van der Waals surface area contributed by atoms with Gasteiger partial charge in [0.25, 0.3) is 16.7 Å². The van der Waals surface area contributed by atoms with Crippen LogP contribution >= 0.6 is 0 Å². The van der Waals surface area contributed by atoms with Crippen LogP contribution < -0.4 is 66.3 Å². The Morgan fingerprint density at radius 3 is 1.32 bits per heavy atom. The molecular formula is C26H31N15O9. The van der Waals surface area contributed by atoms with Crippen molar-refractivity contribution in [1.29, 1.82) is 0 Å². The van der Waals surface area contributed by atoms with E-state index in [1.54, 1.807) is 0 Å². The molecule has 24 nitrogen and oxygen atoms in total. The van der Waals surface area contributed by atoms with E-state index in [0.717, 1.165) is 19.8 Å². The second-order valence-corrected chi connectivity index (χ2v) is 10.4. The van der Waals surface area contributed by atoms with E-state index in [0.29, 0.717) is 0 Å². The number of aromatic amines is 3. The maximum atomic E-state index is 12.5. The molecule has 0 aliphatic rings. The van der Waals surface area contributed by atoms with Crippen molar-refractivity contribution in [3.8, 4) is 0 Å². The van der Waals surface area contributed by atoms with Crippen molar-refractivity contribution in [3.63, 3.8) is 0 Å². The normalized spacial score (nSPS) is 10.6. The zero-order valence-electron chi connectivity index (χ0n) is 26.4. The zero-order valence-corrected chi connectivity index (χ0v) is 26.4. The number of nitrogens with zero attached hydrogens (tertiary/aromatic N) is 6. The van der Waals surface area contributed by atoms with Crippen LogP contribution in [-0.2, 0) is 34.0 Å². The van der Waals surface area contributed by atoms with Gasteiger partial charge in [-0.2, -0.15) is 15.0 Å². The van der Waals surface area contributed by atoms with Gasteiger partial charge in [-0.3, -0.25) is 85.4 Å². The highest BCUT2D eigenvalue weighted by molar-refractivity contribution is 5.78. The molecule has 0 bridgehead atoms. The molecule has 0 radical (unpaired) electrons. The van der Waals surface area contributed by atoms with Crippen LogP contribution in [0.1, 0.15) is 30.4 Å². The topological polar surface area (TPSA) is 327 Å². The van der Waals surface area contributed by atoms with Crippen molar-refractivity contribution in [1.82, 2.24) is 59.9 Å². The van der Waals surface area contributed by atoms with Crippen molar-refractivity contribution in [3.05, 3.63) is 98.3 Å². The molecule has 0 fully saturated rings. The molecule has 4 aromatic rings. The summed E-state index contributed by atoms with van der Waals surface area (Å²) in [6, 6.07) is 1.12. The van der Waals surface area contributed by atoms with Crippen molar-refractivity contribution in [2.24, 2.45) is 0 Å². The van der Waals surface area contributed by atoms with Gasteiger partial charge in [-0.1, -0.05) is 0 Å². The third-order valence-corrected chi connectivity index (χ3v) is 6.59. The zero-order chi connectivity index (χ0) is 36.4. The van der Waals surface area contributed by atoms with Crippen LogP contribution in [0, 0.1) is 13.8 Å². The Bertz CT molecular complexity index is 2150. The average molecular weight is 698 g/mol. The van der Waals surface area contributed by atoms with E-state index in [1.165, 1.54) is 32.4 Å². The van der Waals surface area contributed by atoms with Gasteiger partial charge in [0.2, 0.25) is 35.6 Å². The van der Waals surface area contributed by atoms with E-state index >= 15 is 0 Å². The second-order valence-electron chi connectivity index (χ2n) is 10.4. The summed E-state index contributed by atoms with van der Waals surface area (Å²) < 4.78 is 3.41. The Morgan fingerprint density at radius 2 is 0.940 bits per heavy atom. The minimum Gasteiger partial charge on any atom is -0.300 e. The molecule has 3 amide bonds. The number of H-pyrrole nitrogens is 3. The molecule has 0 aliphatic carbocycles. The summed E-state index contributed by atoms with van der Waals surface area (Å²) in [6.45, 7) is 2.78. The number of hydrazine groups is 3. The summed E-state index contributed by atoms with van der Waals surface area (Å²) in [6.07, 6.45) is 3.23. The lowest BCUT2D eigenvalue weighted by atomic mass is 10.3. The fraction of sp³-hybridized carbons (Fsp3) is 0.308. The maximum Gasteiger partial charge on any atom is 0.328 e. The number of rotatable bonds is 15. The van der Waals surface area contributed by atoms with Gasteiger partial charge in [0.05, 0.1) is 0 Å². The number of amides is 3. The first kappa shape index (κ1) is 35.7. The average Bonchev–Trinajstić information content (AvgIpc) is 3.07. The van der Waals surface area contributed by atoms with E-state index in [9.17, 15) is 43.2 Å². The Labute approximate surface area is 277 Å². The molecule has 264 valence electrons. The van der Waals surface area contributed by atoms with Crippen LogP contribution in [0.25, 0.3) is 0 Å². The Hall–Kier alpha value is -7.14. The Kier molecular flexibility index (Phi) is 11.5. The molecule has 0 saturated carbocycles. The molecule has 24 heteroatoms.